The molecule has 0 aliphatic carbocycles. The fourth-order valence-electron chi connectivity index (χ4n) is 2.46. The molecule has 0 radical (unpaired) electrons. The molecule has 0 fully saturated rings. The van der Waals surface area contributed by atoms with Crippen LogP contribution in [-0.4, -0.2) is 22.1 Å². The maximum Gasteiger partial charge on any atom is 0.312 e. The molecule has 0 saturated heterocycles. The number of aliphatic carboxylic acids is 1. The lowest BCUT2D eigenvalue weighted by atomic mass is 10.0. The molecule has 0 saturated carbocycles. The number of carboxylic acid groups (broad SMARTS) is 1. The summed E-state index contributed by atoms with van der Waals surface area (Å²) in [4.78, 5) is 22.3. The molecule has 0 bridgehead atoms. The van der Waals surface area contributed by atoms with Crippen LogP contribution in [0, 0.1) is 6.92 Å². The van der Waals surface area contributed by atoms with Gasteiger partial charge in [0.2, 0.25) is 5.91 Å². The number of nitrogens with one attached hydrogen (secondary N) is 1. The van der Waals surface area contributed by atoms with Crippen LogP contribution in [0.3, 0.4) is 0 Å². The van der Waals surface area contributed by atoms with Gasteiger partial charge in [0, 0.05) is 17.3 Å². The average Bonchev–Trinajstić information content (AvgIpc) is 2.58. The molecule has 0 aliphatic heterocycles. The molecular weight excluding hydrogens is 429 g/mol. The molecule has 28 heavy (non-hydrogen) atoms. The Morgan fingerprint density at radius 3 is 2.36 bits per heavy atom. The first-order chi connectivity index (χ1) is 13.0. The van der Waals surface area contributed by atoms with Gasteiger partial charge in [-0.25, -0.2) is 0 Å². The summed E-state index contributed by atoms with van der Waals surface area (Å²) >= 11 is 18.7. The third-order valence-electron chi connectivity index (χ3n) is 3.91. The van der Waals surface area contributed by atoms with Gasteiger partial charge in [0.25, 0.3) is 0 Å². The van der Waals surface area contributed by atoms with Crippen molar-refractivity contribution in [3.8, 4) is 17.2 Å². The lowest BCUT2D eigenvalue weighted by Crippen LogP contribution is -2.16. The van der Waals surface area contributed by atoms with E-state index in [1.807, 2.05) is 13.8 Å². The molecule has 0 heterocycles. The van der Waals surface area contributed by atoms with Gasteiger partial charge < -0.3 is 20.3 Å². The first kappa shape index (κ1) is 22.1. The summed E-state index contributed by atoms with van der Waals surface area (Å²) < 4.78 is 5.81. The van der Waals surface area contributed by atoms with Crippen molar-refractivity contribution in [3.05, 3.63) is 44.4 Å². The maximum atomic E-state index is 11.7. The summed E-state index contributed by atoms with van der Waals surface area (Å²) in [6.07, 6.45) is -0.684. The highest BCUT2D eigenvalue weighted by atomic mass is 35.5. The van der Waals surface area contributed by atoms with E-state index in [4.69, 9.17) is 44.6 Å². The zero-order valence-corrected chi connectivity index (χ0v) is 17.5. The Kier molecular flexibility index (Phi) is 7.04. The second-order valence-corrected chi connectivity index (χ2v) is 7.58. The number of ether oxygens (including phenoxy) is 1. The Hall–Kier alpha value is -2.15. The van der Waals surface area contributed by atoms with Crippen LogP contribution in [-0.2, 0) is 9.59 Å². The minimum atomic E-state index is -1.25. The predicted octanol–water partition coefficient (Wildman–Crippen LogP) is 5.99. The van der Waals surface area contributed by atoms with Gasteiger partial charge in [0.15, 0.2) is 5.75 Å². The van der Waals surface area contributed by atoms with E-state index in [2.05, 4.69) is 5.32 Å². The van der Waals surface area contributed by atoms with E-state index in [-0.39, 0.29) is 38.2 Å². The minimum Gasteiger partial charge on any atom is -0.506 e. The number of phenols is 1. The molecule has 3 N–H and O–H groups in total. The molecule has 0 unspecified atom stereocenters. The maximum absolute atomic E-state index is 11.7. The van der Waals surface area contributed by atoms with Crippen LogP contribution in [0.2, 0.25) is 15.1 Å². The van der Waals surface area contributed by atoms with Crippen molar-refractivity contribution in [3.63, 3.8) is 0 Å². The van der Waals surface area contributed by atoms with Gasteiger partial charge in [-0.05, 0) is 30.5 Å². The van der Waals surface area contributed by atoms with E-state index >= 15 is 0 Å². The number of amides is 1. The van der Waals surface area contributed by atoms with Crippen molar-refractivity contribution >= 4 is 52.4 Å². The number of carbonyl (C=O) groups excluding carboxylic acids is 1. The van der Waals surface area contributed by atoms with Gasteiger partial charge in [-0.2, -0.15) is 0 Å². The van der Waals surface area contributed by atoms with Crippen LogP contribution in [0.15, 0.2) is 18.2 Å². The Bertz CT molecular complexity index is 944. The van der Waals surface area contributed by atoms with E-state index in [1.165, 1.54) is 12.1 Å². The summed E-state index contributed by atoms with van der Waals surface area (Å²) in [7, 11) is 0. The van der Waals surface area contributed by atoms with Gasteiger partial charge in [-0.1, -0.05) is 48.7 Å². The number of benzene rings is 2. The Morgan fingerprint density at radius 2 is 1.79 bits per heavy atom. The first-order valence-electron chi connectivity index (χ1n) is 8.21. The number of hydrogen-bond donors (Lipinski definition) is 3. The normalized spacial score (nSPS) is 10.8. The second kappa shape index (κ2) is 8.90. The number of aromatic hydroxyl groups is 1. The fourth-order valence-corrected chi connectivity index (χ4v) is 3.21. The standard InChI is InChI=1S/C19H18Cl3NO5/c1-8(2)11-4-10(5-12(20)18(11)27)28-19-13(21)6-14(9(3)17(19)22)23-15(24)7-16(25)26/h4-6,8,27H,7H2,1-3H3,(H,23,24)(H,25,26). The predicted molar refractivity (Wildman–Crippen MR) is 109 cm³/mol. The van der Waals surface area contributed by atoms with E-state index < -0.39 is 18.3 Å². The number of rotatable bonds is 6. The number of halogens is 3. The summed E-state index contributed by atoms with van der Waals surface area (Å²) in [6, 6.07) is 4.49. The molecule has 0 aromatic heterocycles. The number of carboxylic acids is 1. The molecule has 9 heteroatoms. The highest BCUT2D eigenvalue weighted by Crippen LogP contribution is 2.44. The van der Waals surface area contributed by atoms with Gasteiger partial charge in [-0.3, -0.25) is 9.59 Å². The number of hydrogen-bond acceptors (Lipinski definition) is 4. The second-order valence-electron chi connectivity index (χ2n) is 6.39. The third-order valence-corrected chi connectivity index (χ3v) is 4.94. The van der Waals surface area contributed by atoms with Crippen LogP contribution in [0.5, 0.6) is 17.2 Å². The van der Waals surface area contributed by atoms with Crippen molar-refractivity contribution in [1.82, 2.24) is 0 Å². The average molecular weight is 447 g/mol. The lowest BCUT2D eigenvalue weighted by Gasteiger charge is -2.17. The molecule has 6 nitrogen and oxygen atoms in total. The number of phenolic OH excluding ortho intramolecular Hbond substituents is 1. The molecule has 1 amide bonds. The van der Waals surface area contributed by atoms with Crippen LogP contribution < -0.4 is 10.1 Å². The van der Waals surface area contributed by atoms with Crippen LogP contribution >= 0.6 is 34.8 Å². The van der Waals surface area contributed by atoms with Gasteiger partial charge >= 0.3 is 5.97 Å². The quantitative estimate of drug-likeness (QED) is 0.474. The van der Waals surface area contributed by atoms with E-state index in [0.717, 1.165) is 0 Å². The molecule has 2 aromatic carbocycles. The largest absolute Gasteiger partial charge is 0.506 e. The zero-order chi connectivity index (χ0) is 21.2. The SMILES string of the molecule is Cc1c(NC(=O)CC(=O)O)cc(Cl)c(Oc2cc(Cl)c(O)c(C(C)C)c2)c1Cl. The molecule has 2 aromatic rings. The van der Waals surface area contributed by atoms with Crippen molar-refractivity contribution in [2.75, 3.05) is 5.32 Å². The van der Waals surface area contributed by atoms with Crippen molar-refractivity contribution in [2.24, 2.45) is 0 Å². The van der Waals surface area contributed by atoms with Gasteiger partial charge in [0.05, 0.1) is 15.1 Å². The van der Waals surface area contributed by atoms with E-state index in [0.29, 0.717) is 16.9 Å². The molecular formula is C19H18Cl3NO5. The zero-order valence-electron chi connectivity index (χ0n) is 15.3. The monoisotopic (exact) mass is 445 g/mol. The summed E-state index contributed by atoms with van der Waals surface area (Å²) in [6.45, 7) is 5.42. The summed E-state index contributed by atoms with van der Waals surface area (Å²) in [5, 5.41) is 21.6. The van der Waals surface area contributed by atoms with Crippen molar-refractivity contribution < 1.29 is 24.5 Å². The smallest absolute Gasteiger partial charge is 0.312 e. The van der Waals surface area contributed by atoms with Crippen LogP contribution in [0.1, 0.15) is 37.3 Å². The molecule has 0 atom stereocenters. The van der Waals surface area contributed by atoms with Crippen molar-refractivity contribution in [2.45, 2.75) is 33.1 Å². The molecule has 2 rings (SSSR count). The number of carbonyl (C=O) groups is 2. The first-order valence-corrected chi connectivity index (χ1v) is 9.35. The van der Waals surface area contributed by atoms with E-state index in [9.17, 15) is 14.7 Å². The topological polar surface area (TPSA) is 95.9 Å². The molecule has 150 valence electrons. The number of anilines is 1. The Morgan fingerprint density at radius 1 is 1.14 bits per heavy atom. The molecule has 0 spiro atoms. The minimum absolute atomic E-state index is 0.000513. The van der Waals surface area contributed by atoms with Crippen LogP contribution in [0.4, 0.5) is 5.69 Å². The van der Waals surface area contributed by atoms with Gasteiger partial charge in [0.1, 0.15) is 17.9 Å². The van der Waals surface area contributed by atoms with E-state index in [1.54, 1.807) is 13.0 Å². The summed E-state index contributed by atoms with van der Waals surface area (Å²) in [5.41, 5.74) is 1.33. The summed E-state index contributed by atoms with van der Waals surface area (Å²) in [5.74, 6) is -1.50. The van der Waals surface area contributed by atoms with Crippen LogP contribution in [0.25, 0.3) is 0 Å². The molecule has 0 aliphatic rings. The third kappa shape index (κ3) is 5.01. The Balaban J connectivity index is 2.39. The highest BCUT2D eigenvalue weighted by molar-refractivity contribution is 6.38. The Labute approximate surface area is 177 Å². The highest BCUT2D eigenvalue weighted by Gasteiger charge is 2.19. The van der Waals surface area contributed by atoms with Gasteiger partial charge in [-0.15, -0.1) is 0 Å². The lowest BCUT2D eigenvalue weighted by molar-refractivity contribution is -0.139. The van der Waals surface area contributed by atoms with Crippen molar-refractivity contribution in [1.29, 1.82) is 0 Å². The fraction of sp³-hybridized carbons (Fsp3) is 0.263.